The molecular weight excluding hydrogens is 234 g/mol. The SMILES string of the molecule is CCCCCCCCCc1cc(C)nc2ccnn12. The lowest BCUT2D eigenvalue weighted by atomic mass is 10.1. The van der Waals surface area contributed by atoms with Gasteiger partial charge in [-0.1, -0.05) is 45.4 Å². The summed E-state index contributed by atoms with van der Waals surface area (Å²) in [6.45, 7) is 4.32. The standard InChI is InChI=1S/C16H25N3/c1-3-4-5-6-7-8-9-10-15-13-14(2)18-16-11-12-17-19(15)16/h11-13H,3-10H2,1-2H3. The fourth-order valence-corrected chi connectivity index (χ4v) is 2.56. The monoisotopic (exact) mass is 259 g/mol. The molecule has 0 bridgehead atoms. The summed E-state index contributed by atoms with van der Waals surface area (Å²) < 4.78 is 1.98. The predicted molar refractivity (Wildman–Crippen MR) is 79.4 cm³/mol. The van der Waals surface area contributed by atoms with E-state index in [9.17, 15) is 0 Å². The first-order valence-electron chi connectivity index (χ1n) is 7.61. The third-order valence-corrected chi connectivity index (χ3v) is 3.60. The minimum atomic E-state index is 0.970. The highest BCUT2D eigenvalue weighted by Crippen LogP contribution is 2.12. The van der Waals surface area contributed by atoms with Crippen LogP contribution in [0.1, 0.15) is 63.3 Å². The Morgan fingerprint density at radius 3 is 2.58 bits per heavy atom. The van der Waals surface area contributed by atoms with E-state index in [-0.39, 0.29) is 0 Å². The van der Waals surface area contributed by atoms with Crippen LogP contribution >= 0.6 is 0 Å². The van der Waals surface area contributed by atoms with Crippen molar-refractivity contribution in [3.05, 3.63) is 29.7 Å². The summed E-state index contributed by atoms with van der Waals surface area (Å²) in [5, 5.41) is 4.35. The lowest BCUT2D eigenvalue weighted by Crippen LogP contribution is -2.02. The molecule has 0 saturated heterocycles. The van der Waals surface area contributed by atoms with Gasteiger partial charge < -0.3 is 0 Å². The molecule has 0 aliphatic carbocycles. The van der Waals surface area contributed by atoms with E-state index in [0.717, 1.165) is 17.8 Å². The molecule has 3 nitrogen and oxygen atoms in total. The number of aryl methyl sites for hydroxylation is 2. The number of hydrogen-bond acceptors (Lipinski definition) is 2. The van der Waals surface area contributed by atoms with Gasteiger partial charge in [0, 0.05) is 17.5 Å². The topological polar surface area (TPSA) is 30.2 Å². The first-order valence-corrected chi connectivity index (χ1v) is 7.61. The second kappa shape index (κ2) is 7.27. The highest BCUT2D eigenvalue weighted by Gasteiger charge is 2.04. The average Bonchev–Trinajstić information content (AvgIpc) is 2.85. The maximum atomic E-state index is 4.47. The van der Waals surface area contributed by atoms with Gasteiger partial charge in [0.05, 0.1) is 6.20 Å². The van der Waals surface area contributed by atoms with Crippen molar-refractivity contribution in [1.29, 1.82) is 0 Å². The first kappa shape index (κ1) is 14.0. The number of hydrogen-bond donors (Lipinski definition) is 0. The van der Waals surface area contributed by atoms with Crippen LogP contribution in [-0.2, 0) is 6.42 Å². The highest BCUT2D eigenvalue weighted by atomic mass is 15.2. The van der Waals surface area contributed by atoms with E-state index in [0.29, 0.717) is 0 Å². The van der Waals surface area contributed by atoms with E-state index in [1.165, 1.54) is 50.6 Å². The lowest BCUT2D eigenvalue weighted by Gasteiger charge is -2.06. The summed E-state index contributed by atoms with van der Waals surface area (Å²) in [6, 6.07) is 4.14. The molecular formula is C16H25N3. The molecule has 0 unspecified atom stereocenters. The summed E-state index contributed by atoms with van der Waals surface area (Å²) >= 11 is 0. The molecule has 0 radical (unpaired) electrons. The van der Waals surface area contributed by atoms with Crippen LogP contribution in [0.2, 0.25) is 0 Å². The largest absolute Gasteiger partial charge is 0.234 e. The van der Waals surface area contributed by atoms with Crippen LogP contribution in [-0.4, -0.2) is 14.6 Å². The summed E-state index contributed by atoms with van der Waals surface area (Å²) in [4.78, 5) is 4.47. The highest BCUT2D eigenvalue weighted by molar-refractivity contribution is 5.38. The zero-order chi connectivity index (χ0) is 13.5. The van der Waals surface area contributed by atoms with Crippen molar-refractivity contribution in [2.75, 3.05) is 0 Å². The van der Waals surface area contributed by atoms with E-state index >= 15 is 0 Å². The van der Waals surface area contributed by atoms with Gasteiger partial charge in [-0.2, -0.15) is 5.10 Å². The van der Waals surface area contributed by atoms with Gasteiger partial charge in [0.2, 0.25) is 0 Å². The van der Waals surface area contributed by atoms with Gasteiger partial charge in [-0.25, -0.2) is 9.50 Å². The van der Waals surface area contributed by atoms with Crippen LogP contribution in [0.25, 0.3) is 5.65 Å². The van der Waals surface area contributed by atoms with E-state index < -0.39 is 0 Å². The van der Waals surface area contributed by atoms with E-state index in [1.54, 1.807) is 0 Å². The molecule has 0 amide bonds. The van der Waals surface area contributed by atoms with Gasteiger partial charge in [-0.15, -0.1) is 0 Å². The third kappa shape index (κ3) is 4.05. The molecule has 3 heteroatoms. The van der Waals surface area contributed by atoms with Gasteiger partial charge in [0.25, 0.3) is 0 Å². The van der Waals surface area contributed by atoms with E-state index in [4.69, 9.17) is 0 Å². The summed E-state index contributed by atoms with van der Waals surface area (Å²) in [6.07, 6.45) is 12.4. The van der Waals surface area contributed by atoms with Gasteiger partial charge in [-0.05, 0) is 25.8 Å². The molecule has 2 aromatic rings. The second-order valence-electron chi connectivity index (χ2n) is 5.36. The number of rotatable bonds is 8. The van der Waals surface area contributed by atoms with Crippen molar-refractivity contribution in [1.82, 2.24) is 14.6 Å². The molecule has 0 fully saturated rings. The number of aromatic nitrogens is 3. The normalized spacial score (nSPS) is 11.3. The second-order valence-corrected chi connectivity index (χ2v) is 5.36. The van der Waals surface area contributed by atoms with Crippen LogP contribution in [0.4, 0.5) is 0 Å². The zero-order valence-electron chi connectivity index (χ0n) is 12.2. The third-order valence-electron chi connectivity index (χ3n) is 3.60. The van der Waals surface area contributed by atoms with Crippen molar-refractivity contribution in [3.63, 3.8) is 0 Å². The Labute approximate surface area is 116 Å². The Bertz CT molecular complexity index is 502. The van der Waals surface area contributed by atoms with Crippen molar-refractivity contribution in [2.24, 2.45) is 0 Å². The van der Waals surface area contributed by atoms with Crippen LogP contribution < -0.4 is 0 Å². The molecule has 0 atom stereocenters. The molecule has 2 heterocycles. The Morgan fingerprint density at radius 2 is 1.79 bits per heavy atom. The van der Waals surface area contributed by atoms with E-state index in [1.807, 2.05) is 16.8 Å². The molecule has 0 aromatic carbocycles. The molecule has 2 aromatic heterocycles. The van der Waals surface area contributed by atoms with Crippen molar-refractivity contribution >= 4 is 5.65 Å². The predicted octanol–water partition coefficient (Wildman–Crippen LogP) is 4.33. The first-order chi connectivity index (χ1) is 9.31. The lowest BCUT2D eigenvalue weighted by molar-refractivity contribution is 0.584. The quantitative estimate of drug-likeness (QED) is 0.660. The Balaban J connectivity index is 1.79. The molecule has 0 aliphatic rings. The van der Waals surface area contributed by atoms with Crippen molar-refractivity contribution in [2.45, 2.75) is 65.2 Å². The van der Waals surface area contributed by atoms with Gasteiger partial charge in [0.15, 0.2) is 5.65 Å². The van der Waals surface area contributed by atoms with Gasteiger partial charge in [-0.3, -0.25) is 0 Å². The molecule has 0 spiro atoms. The van der Waals surface area contributed by atoms with Crippen molar-refractivity contribution in [3.8, 4) is 0 Å². The van der Waals surface area contributed by atoms with Crippen LogP contribution in [0.15, 0.2) is 18.3 Å². The molecule has 0 saturated carbocycles. The number of fused-ring (bicyclic) bond motifs is 1. The van der Waals surface area contributed by atoms with Crippen LogP contribution in [0.5, 0.6) is 0 Å². The summed E-state index contributed by atoms with van der Waals surface area (Å²) in [5.41, 5.74) is 3.35. The Kier molecular flexibility index (Phi) is 5.37. The number of unbranched alkanes of at least 4 members (excludes halogenated alkanes) is 6. The van der Waals surface area contributed by atoms with Gasteiger partial charge >= 0.3 is 0 Å². The zero-order valence-corrected chi connectivity index (χ0v) is 12.2. The fourth-order valence-electron chi connectivity index (χ4n) is 2.56. The average molecular weight is 259 g/mol. The van der Waals surface area contributed by atoms with Crippen molar-refractivity contribution < 1.29 is 0 Å². The molecule has 0 N–H and O–H groups in total. The van der Waals surface area contributed by atoms with Crippen LogP contribution in [0.3, 0.4) is 0 Å². The Morgan fingerprint density at radius 1 is 1.05 bits per heavy atom. The fraction of sp³-hybridized carbons (Fsp3) is 0.625. The summed E-state index contributed by atoms with van der Waals surface area (Å²) in [7, 11) is 0. The molecule has 19 heavy (non-hydrogen) atoms. The maximum Gasteiger partial charge on any atom is 0.155 e. The molecule has 104 valence electrons. The molecule has 2 rings (SSSR count). The van der Waals surface area contributed by atoms with Crippen LogP contribution in [0, 0.1) is 6.92 Å². The van der Waals surface area contributed by atoms with E-state index in [2.05, 4.69) is 30.0 Å². The minimum absolute atomic E-state index is 0.970. The van der Waals surface area contributed by atoms with Gasteiger partial charge in [0.1, 0.15) is 0 Å². The minimum Gasteiger partial charge on any atom is -0.234 e. The number of nitrogens with zero attached hydrogens (tertiary/aromatic N) is 3. The smallest absolute Gasteiger partial charge is 0.155 e. The maximum absolute atomic E-state index is 4.47. The Hall–Kier alpha value is -1.38. The molecule has 0 aliphatic heterocycles. The summed E-state index contributed by atoms with van der Waals surface area (Å²) in [5.74, 6) is 0.